The number of ether oxygens (including phenoxy) is 2. The Morgan fingerprint density at radius 1 is 0.914 bits per heavy atom. The van der Waals surface area contributed by atoms with E-state index in [0.29, 0.717) is 30.2 Å². The highest BCUT2D eigenvalue weighted by Gasteiger charge is 2.28. The van der Waals surface area contributed by atoms with Crippen molar-refractivity contribution in [2.45, 2.75) is 31.6 Å². The van der Waals surface area contributed by atoms with Gasteiger partial charge in [0.25, 0.3) is 10.0 Å². The normalized spacial score (nSPS) is 11.1. The Morgan fingerprint density at radius 2 is 1.63 bits per heavy atom. The molecular weight excluding hydrogens is 464 g/mol. The van der Waals surface area contributed by atoms with Gasteiger partial charge in [0, 0.05) is 6.54 Å². The third-order valence-corrected chi connectivity index (χ3v) is 7.65. The molecule has 0 spiro atoms. The largest absolute Gasteiger partial charge is 0.493 e. The molecule has 0 fully saturated rings. The van der Waals surface area contributed by atoms with Gasteiger partial charge in [-0.2, -0.15) is 0 Å². The molecule has 0 unspecified atom stereocenters. The van der Waals surface area contributed by atoms with Crippen LogP contribution in [0.15, 0.2) is 71.6 Å². The molecule has 0 heterocycles. The molecule has 3 aromatic rings. The summed E-state index contributed by atoms with van der Waals surface area (Å²) in [5.74, 6) is 0.956. The minimum absolute atomic E-state index is 0.141. The van der Waals surface area contributed by atoms with E-state index >= 15 is 0 Å². The van der Waals surface area contributed by atoms with Crippen molar-refractivity contribution in [1.82, 2.24) is 5.32 Å². The highest BCUT2D eigenvalue weighted by molar-refractivity contribution is 7.92. The predicted octanol–water partition coefficient (Wildman–Crippen LogP) is 4.26. The van der Waals surface area contributed by atoms with Crippen molar-refractivity contribution in [3.63, 3.8) is 0 Å². The molecule has 7 nitrogen and oxygen atoms in total. The summed E-state index contributed by atoms with van der Waals surface area (Å²) in [6.07, 6.45) is 1.42. The summed E-state index contributed by atoms with van der Waals surface area (Å²) < 4.78 is 38.8. The van der Waals surface area contributed by atoms with E-state index in [0.717, 1.165) is 23.1 Å². The standard InChI is InChI=1S/C27H32N2O5S/c1-20-10-8-14-24(21(20)2)29(35(31,32)23-12-6-5-7-13-23)19-27(30)28-17-9-11-22-15-16-25(33-3)26(18-22)34-4/h5-8,10,12-16,18H,9,11,17,19H2,1-4H3,(H,28,30). The number of rotatable bonds is 11. The first-order chi connectivity index (χ1) is 16.8. The second-order valence-electron chi connectivity index (χ2n) is 8.19. The van der Waals surface area contributed by atoms with E-state index in [1.165, 1.54) is 16.4 Å². The lowest BCUT2D eigenvalue weighted by atomic mass is 10.1. The van der Waals surface area contributed by atoms with E-state index in [-0.39, 0.29) is 17.3 Å². The monoisotopic (exact) mass is 496 g/mol. The average Bonchev–Trinajstić information content (AvgIpc) is 2.87. The second-order valence-corrected chi connectivity index (χ2v) is 10.0. The van der Waals surface area contributed by atoms with Gasteiger partial charge in [-0.15, -0.1) is 0 Å². The Balaban J connectivity index is 1.70. The molecule has 35 heavy (non-hydrogen) atoms. The van der Waals surface area contributed by atoms with Gasteiger partial charge in [0.2, 0.25) is 5.91 Å². The molecule has 0 aliphatic carbocycles. The zero-order valence-electron chi connectivity index (χ0n) is 20.6. The van der Waals surface area contributed by atoms with Gasteiger partial charge in [0.05, 0.1) is 24.8 Å². The Labute approximate surface area is 207 Å². The van der Waals surface area contributed by atoms with Crippen molar-refractivity contribution < 1.29 is 22.7 Å². The van der Waals surface area contributed by atoms with Crippen LogP contribution < -0.4 is 19.1 Å². The summed E-state index contributed by atoms with van der Waals surface area (Å²) in [7, 11) is -0.749. The van der Waals surface area contributed by atoms with Crippen LogP contribution in [0.25, 0.3) is 0 Å². The highest BCUT2D eigenvalue weighted by atomic mass is 32.2. The lowest BCUT2D eigenvalue weighted by Crippen LogP contribution is -2.41. The molecule has 3 rings (SSSR count). The van der Waals surface area contributed by atoms with E-state index in [2.05, 4.69) is 5.32 Å². The topological polar surface area (TPSA) is 84.9 Å². The van der Waals surface area contributed by atoms with Gasteiger partial charge < -0.3 is 14.8 Å². The summed E-state index contributed by atoms with van der Waals surface area (Å²) in [5, 5.41) is 2.86. The molecule has 0 aromatic heterocycles. The summed E-state index contributed by atoms with van der Waals surface area (Å²) in [6.45, 7) is 3.89. The summed E-state index contributed by atoms with van der Waals surface area (Å²) in [6, 6.07) is 19.3. The Kier molecular flexibility index (Phi) is 8.76. The second kappa shape index (κ2) is 11.8. The van der Waals surface area contributed by atoms with Gasteiger partial charge in [-0.3, -0.25) is 9.10 Å². The number of benzene rings is 3. The van der Waals surface area contributed by atoms with Crippen LogP contribution in [0.5, 0.6) is 11.5 Å². The van der Waals surface area contributed by atoms with Crippen LogP contribution in [0.1, 0.15) is 23.1 Å². The first-order valence-corrected chi connectivity index (χ1v) is 12.8. The minimum Gasteiger partial charge on any atom is -0.493 e. The van der Waals surface area contributed by atoms with Crippen LogP contribution in [0, 0.1) is 13.8 Å². The van der Waals surface area contributed by atoms with Crippen molar-refractivity contribution in [3.05, 3.63) is 83.4 Å². The van der Waals surface area contributed by atoms with E-state index in [4.69, 9.17) is 9.47 Å². The first kappa shape index (κ1) is 26.1. The van der Waals surface area contributed by atoms with Crippen molar-refractivity contribution in [3.8, 4) is 11.5 Å². The van der Waals surface area contributed by atoms with Gasteiger partial charge in [0.15, 0.2) is 11.5 Å². The molecule has 0 bridgehead atoms. The number of nitrogens with one attached hydrogen (secondary N) is 1. The molecule has 0 saturated heterocycles. The van der Waals surface area contributed by atoms with Crippen LogP contribution in [0.3, 0.4) is 0 Å². The fourth-order valence-corrected chi connectivity index (χ4v) is 5.27. The zero-order valence-corrected chi connectivity index (χ0v) is 21.4. The smallest absolute Gasteiger partial charge is 0.264 e. The molecule has 3 aromatic carbocycles. The summed E-state index contributed by atoms with van der Waals surface area (Å²) >= 11 is 0. The molecular formula is C27H32N2O5S. The fraction of sp³-hybridized carbons (Fsp3) is 0.296. The third kappa shape index (κ3) is 6.33. The van der Waals surface area contributed by atoms with Crippen molar-refractivity contribution in [2.24, 2.45) is 0 Å². The Bertz CT molecular complexity index is 1260. The van der Waals surface area contributed by atoms with Gasteiger partial charge in [0.1, 0.15) is 6.54 Å². The third-order valence-electron chi connectivity index (χ3n) is 5.88. The number of nitrogens with zero attached hydrogens (tertiary/aromatic N) is 1. The molecule has 0 aliphatic rings. The van der Waals surface area contributed by atoms with Crippen LogP contribution in [0.4, 0.5) is 5.69 Å². The molecule has 0 atom stereocenters. The van der Waals surface area contributed by atoms with E-state index in [1.807, 2.05) is 38.1 Å². The number of carbonyl (C=O) groups excluding carboxylic acids is 1. The maximum absolute atomic E-state index is 13.5. The van der Waals surface area contributed by atoms with Gasteiger partial charge in [-0.05, 0) is 73.7 Å². The van der Waals surface area contributed by atoms with Crippen molar-refractivity contribution in [1.29, 1.82) is 0 Å². The van der Waals surface area contributed by atoms with Crippen molar-refractivity contribution in [2.75, 3.05) is 31.6 Å². The lowest BCUT2D eigenvalue weighted by Gasteiger charge is -2.26. The SMILES string of the molecule is COc1ccc(CCCNC(=O)CN(c2cccc(C)c2C)S(=O)(=O)c2ccccc2)cc1OC. The number of hydrogen-bond acceptors (Lipinski definition) is 5. The first-order valence-electron chi connectivity index (χ1n) is 11.4. The van der Waals surface area contributed by atoms with Crippen LogP contribution >= 0.6 is 0 Å². The molecule has 0 radical (unpaired) electrons. The predicted molar refractivity (Wildman–Crippen MR) is 138 cm³/mol. The molecule has 1 N–H and O–H groups in total. The lowest BCUT2D eigenvalue weighted by molar-refractivity contribution is -0.119. The van der Waals surface area contributed by atoms with Crippen LogP contribution in [-0.4, -0.2) is 41.6 Å². The fourth-order valence-electron chi connectivity index (χ4n) is 3.77. The zero-order chi connectivity index (χ0) is 25.4. The maximum atomic E-state index is 13.5. The summed E-state index contributed by atoms with van der Waals surface area (Å²) in [4.78, 5) is 13.0. The maximum Gasteiger partial charge on any atom is 0.264 e. The van der Waals surface area contributed by atoms with Gasteiger partial charge in [-0.25, -0.2) is 8.42 Å². The number of sulfonamides is 1. The Morgan fingerprint density at radius 3 is 2.31 bits per heavy atom. The Hall–Kier alpha value is -3.52. The number of methoxy groups -OCH3 is 2. The number of hydrogen-bond donors (Lipinski definition) is 1. The van der Waals surface area contributed by atoms with E-state index < -0.39 is 10.0 Å². The number of anilines is 1. The molecule has 186 valence electrons. The van der Waals surface area contributed by atoms with E-state index in [9.17, 15) is 13.2 Å². The minimum atomic E-state index is -3.93. The number of aryl methyl sites for hydroxylation is 2. The highest BCUT2D eigenvalue weighted by Crippen LogP contribution is 2.29. The number of carbonyl (C=O) groups is 1. The molecule has 0 saturated carbocycles. The molecule has 8 heteroatoms. The molecule has 1 amide bonds. The van der Waals surface area contributed by atoms with Gasteiger partial charge in [-0.1, -0.05) is 36.4 Å². The quantitative estimate of drug-likeness (QED) is 0.401. The average molecular weight is 497 g/mol. The van der Waals surface area contributed by atoms with Crippen LogP contribution in [-0.2, 0) is 21.2 Å². The van der Waals surface area contributed by atoms with Crippen molar-refractivity contribution >= 4 is 21.6 Å². The van der Waals surface area contributed by atoms with E-state index in [1.54, 1.807) is 44.6 Å². The van der Waals surface area contributed by atoms with Gasteiger partial charge >= 0.3 is 0 Å². The summed E-state index contributed by atoms with van der Waals surface area (Å²) in [5.41, 5.74) is 3.31. The molecule has 0 aliphatic heterocycles. The van der Waals surface area contributed by atoms with Crippen LogP contribution in [0.2, 0.25) is 0 Å². The number of amides is 1.